The van der Waals surface area contributed by atoms with E-state index in [0.29, 0.717) is 5.75 Å². The molecule has 1 aliphatic heterocycles. The van der Waals surface area contributed by atoms with Crippen molar-refractivity contribution >= 4 is 10.4 Å². The van der Waals surface area contributed by atoms with Crippen LogP contribution in [0.5, 0.6) is 0 Å². The first-order valence-corrected chi connectivity index (χ1v) is 10.8. The lowest BCUT2D eigenvalue weighted by atomic mass is 10.1. The van der Waals surface area contributed by atoms with Crippen LogP contribution in [0.1, 0.15) is 40.0 Å². The van der Waals surface area contributed by atoms with Crippen LogP contribution in [0.15, 0.2) is 82.9 Å². The van der Waals surface area contributed by atoms with E-state index in [2.05, 4.69) is 44.7 Å². The molecule has 0 bridgehead atoms. The highest BCUT2D eigenvalue weighted by Gasteiger charge is 2.25. The molecule has 0 fully saturated rings. The van der Waals surface area contributed by atoms with Crippen molar-refractivity contribution in [3.8, 4) is 0 Å². The number of halogens is 1. The Morgan fingerprint density at radius 1 is 1.25 bits per heavy atom. The fourth-order valence-corrected chi connectivity index (χ4v) is 4.27. The van der Waals surface area contributed by atoms with E-state index in [-0.39, 0.29) is 0 Å². The van der Waals surface area contributed by atoms with Crippen molar-refractivity contribution in [3.63, 3.8) is 0 Å². The number of hydrogen-bond acceptors (Lipinski definition) is 0. The highest BCUT2D eigenvalue weighted by atomic mass is 32.3. The quantitative estimate of drug-likeness (QED) is 0.418. The van der Waals surface area contributed by atoms with Crippen molar-refractivity contribution in [2.75, 3.05) is 12.0 Å². The molecular weight excluding hydrogens is 315 g/mol. The molecule has 1 rings (SSSR count). The molecule has 0 saturated carbocycles. The van der Waals surface area contributed by atoms with Crippen LogP contribution in [0.25, 0.3) is 0 Å². The fourth-order valence-electron chi connectivity index (χ4n) is 2.47. The van der Waals surface area contributed by atoms with Gasteiger partial charge >= 0.3 is 0 Å². The molecule has 0 nitrogen and oxygen atoms in total. The maximum absolute atomic E-state index is 15.2. The van der Waals surface area contributed by atoms with Crippen molar-refractivity contribution in [3.05, 3.63) is 82.9 Å². The molecule has 0 radical (unpaired) electrons. The van der Waals surface area contributed by atoms with E-state index >= 15 is 3.89 Å². The van der Waals surface area contributed by atoms with Crippen LogP contribution in [0.2, 0.25) is 0 Å². The monoisotopic (exact) mass is 346 g/mol. The minimum absolute atomic E-state index is 0.562. The Morgan fingerprint density at radius 2 is 2.00 bits per heavy atom. The summed E-state index contributed by atoms with van der Waals surface area (Å²) in [7, 11) is -2.30. The van der Waals surface area contributed by atoms with E-state index in [1.807, 2.05) is 37.3 Å². The van der Waals surface area contributed by atoms with E-state index in [4.69, 9.17) is 0 Å². The van der Waals surface area contributed by atoms with Crippen LogP contribution >= 0.6 is 10.4 Å². The van der Waals surface area contributed by atoms with Crippen molar-refractivity contribution in [1.29, 1.82) is 0 Å². The van der Waals surface area contributed by atoms with Crippen LogP contribution in [-0.4, -0.2) is 12.0 Å². The van der Waals surface area contributed by atoms with Crippen LogP contribution in [0.3, 0.4) is 0 Å². The van der Waals surface area contributed by atoms with Gasteiger partial charge in [0.2, 0.25) is 0 Å². The first-order chi connectivity index (χ1) is 11.4. The molecule has 2 heteroatoms. The smallest absolute Gasteiger partial charge is 0.0238 e. The van der Waals surface area contributed by atoms with E-state index in [1.54, 1.807) is 6.26 Å². The van der Waals surface area contributed by atoms with Gasteiger partial charge in [-0.25, -0.2) is 0 Å². The Hall–Kier alpha value is -1.54. The zero-order valence-electron chi connectivity index (χ0n) is 15.5. The summed E-state index contributed by atoms with van der Waals surface area (Å²) in [4.78, 5) is 0.758. The minimum atomic E-state index is -2.30. The molecule has 0 aromatic rings. The van der Waals surface area contributed by atoms with Crippen molar-refractivity contribution in [2.24, 2.45) is 0 Å². The van der Waals surface area contributed by atoms with Crippen LogP contribution in [0.4, 0.5) is 3.89 Å². The first kappa shape index (κ1) is 20.5. The van der Waals surface area contributed by atoms with Gasteiger partial charge in [-0.1, -0.05) is 79.4 Å². The van der Waals surface area contributed by atoms with Crippen molar-refractivity contribution < 1.29 is 3.89 Å². The average Bonchev–Trinajstić information content (AvgIpc) is 2.70. The first-order valence-electron chi connectivity index (χ1n) is 8.66. The molecule has 24 heavy (non-hydrogen) atoms. The van der Waals surface area contributed by atoms with E-state index in [0.717, 1.165) is 29.7 Å². The summed E-state index contributed by atoms with van der Waals surface area (Å²) in [5, 5.41) is 0. The lowest BCUT2D eigenvalue weighted by molar-refractivity contribution is 0.892. The van der Waals surface area contributed by atoms with Crippen molar-refractivity contribution in [2.45, 2.75) is 40.0 Å². The van der Waals surface area contributed by atoms with E-state index < -0.39 is 10.4 Å². The molecule has 0 spiro atoms. The van der Waals surface area contributed by atoms with E-state index in [1.165, 1.54) is 11.1 Å². The summed E-state index contributed by atoms with van der Waals surface area (Å²) < 4.78 is 15.2. The normalized spacial score (nSPS) is 25.6. The second kappa shape index (κ2) is 10.4. The number of hydrogen-bond donors (Lipinski definition) is 0. The maximum atomic E-state index is 15.2. The summed E-state index contributed by atoms with van der Waals surface area (Å²) in [6.07, 6.45) is 22.8. The molecule has 0 aromatic heterocycles. The highest BCUT2D eigenvalue weighted by molar-refractivity contribution is 8.32. The largest absolute Gasteiger partial charge is 0.185 e. The van der Waals surface area contributed by atoms with Crippen LogP contribution in [0, 0.1) is 0 Å². The summed E-state index contributed by atoms with van der Waals surface area (Å²) in [5.74, 6) is 0.562. The SMILES string of the molecule is C=C(/C=C\C=C/C)C1=CC=C(/C=C(/C=C\CC)CC)CCS1(C)F. The maximum Gasteiger partial charge on any atom is 0.0238 e. The van der Waals surface area contributed by atoms with Gasteiger partial charge in [-0.05, 0) is 55.2 Å². The molecule has 0 saturated heterocycles. The molecular formula is C22H31FS. The van der Waals surface area contributed by atoms with Gasteiger partial charge in [0.1, 0.15) is 0 Å². The van der Waals surface area contributed by atoms with Gasteiger partial charge in [0.15, 0.2) is 0 Å². The lowest BCUT2D eigenvalue weighted by Crippen LogP contribution is -2.01. The Kier molecular flexibility index (Phi) is 8.84. The molecule has 0 N–H and O–H groups in total. The average molecular weight is 347 g/mol. The van der Waals surface area contributed by atoms with Gasteiger partial charge in [0.05, 0.1) is 0 Å². The molecule has 1 unspecified atom stereocenters. The molecule has 1 aliphatic rings. The molecule has 0 amide bonds. The third-order valence-electron chi connectivity index (χ3n) is 3.95. The fraction of sp³-hybridized carbons (Fsp3) is 0.364. The summed E-state index contributed by atoms with van der Waals surface area (Å²) in [6.45, 7) is 10.3. The van der Waals surface area contributed by atoms with Crippen molar-refractivity contribution in [1.82, 2.24) is 0 Å². The van der Waals surface area contributed by atoms with Gasteiger partial charge < -0.3 is 0 Å². The molecule has 132 valence electrons. The summed E-state index contributed by atoms with van der Waals surface area (Å²) >= 11 is 0. The number of rotatable bonds is 7. The van der Waals surface area contributed by atoms with Gasteiger partial charge in [-0.3, -0.25) is 0 Å². The second-order valence-corrected chi connectivity index (χ2v) is 8.80. The third kappa shape index (κ3) is 6.52. The van der Waals surface area contributed by atoms with Crippen LogP contribution in [-0.2, 0) is 0 Å². The Morgan fingerprint density at radius 3 is 2.62 bits per heavy atom. The topological polar surface area (TPSA) is 0 Å². The third-order valence-corrected chi connectivity index (χ3v) is 6.23. The molecule has 0 aromatic carbocycles. The standard InChI is InChI=1S/C22H31FS/c1-6-9-11-12-19(4)22-15-14-21(16-17-24(22,5)23)18-20(8-3)13-10-7-2/h6,9-15,18H,4,7-8,16-17H2,1-3,5H3/b9-6-,12-11-,13-10-,20-18+. The Labute approximate surface area is 149 Å². The number of allylic oxidation sites excluding steroid dienone is 12. The summed E-state index contributed by atoms with van der Waals surface area (Å²) in [5.41, 5.74) is 3.27. The Balaban J connectivity index is 3.08. The van der Waals surface area contributed by atoms with Gasteiger partial charge in [-0.15, -0.1) is 0 Å². The molecule has 1 atom stereocenters. The second-order valence-electron chi connectivity index (χ2n) is 6.00. The van der Waals surface area contributed by atoms with Gasteiger partial charge in [-0.2, -0.15) is 3.89 Å². The molecule has 1 heterocycles. The van der Waals surface area contributed by atoms with E-state index in [9.17, 15) is 0 Å². The van der Waals surface area contributed by atoms with Gasteiger partial charge in [0.25, 0.3) is 0 Å². The summed E-state index contributed by atoms with van der Waals surface area (Å²) in [6, 6.07) is 0. The zero-order valence-corrected chi connectivity index (χ0v) is 16.3. The predicted octanol–water partition coefficient (Wildman–Crippen LogP) is 7.51. The lowest BCUT2D eigenvalue weighted by Gasteiger charge is -2.28. The zero-order chi connectivity index (χ0) is 18.0. The van der Waals surface area contributed by atoms with Gasteiger partial charge in [0, 0.05) is 10.7 Å². The Bertz CT molecular complexity index is 610. The minimum Gasteiger partial charge on any atom is -0.185 e. The highest BCUT2D eigenvalue weighted by Crippen LogP contribution is 2.58. The molecule has 0 aliphatic carbocycles. The predicted molar refractivity (Wildman–Crippen MR) is 111 cm³/mol. The van der Waals surface area contributed by atoms with Crippen LogP contribution < -0.4 is 0 Å².